The SMILES string of the molecule is O=C1NC(=Nc2ccccc2)S/C1=C/c1ccc(-c2ccccc2C(=O)O)o1. The number of aromatic carboxylic acids is 1. The van der Waals surface area contributed by atoms with E-state index in [4.69, 9.17) is 4.42 Å². The first-order valence-electron chi connectivity index (χ1n) is 8.37. The summed E-state index contributed by atoms with van der Waals surface area (Å²) in [5.41, 5.74) is 1.38. The summed E-state index contributed by atoms with van der Waals surface area (Å²) >= 11 is 1.22. The Bertz CT molecular complexity index is 1120. The Morgan fingerprint density at radius 3 is 2.57 bits per heavy atom. The minimum Gasteiger partial charge on any atom is -0.478 e. The number of benzene rings is 2. The van der Waals surface area contributed by atoms with Crippen molar-refractivity contribution < 1.29 is 19.1 Å². The third kappa shape index (κ3) is 3.74. The molecule has 1 aromatic heterocycles. The van der Waals surface area contributed by atoms with Gasteiger partial charge in [0.25, 0.3) is 5.91 Å². The van der Waals surface area contributed by atoms with Crippen LogP contribution in [0.5, 0.6) is 0 Å². The van der Waals surface area contributed by atoms with Crippen molar-refractivity contribution in [3.63, 3.8) is 0 Å². The van der Waals surface area contributed by atoms with E-state index in [9.17, 15) is 14.7 Å². The van der Waals surface area contributed by atoms with Crippen molar-refractivity contribution in [1.82, 2.24) is 5.32 Å². The van der Waals surface area contributed by atoms with Gasteiger partial charge in [-0.25, -0.2) is 9.79 Å². The lowest BCUT2D eigenvalue weighted by atomic mass is 10.1. The highest BCUT2D eigenvalue weighted by atomic mass is 32.2. The van der Waals surface area contributed by atoms with E-state index in [0.717, 1.165) is 5.69 Å². The number of amidine groups is 1. The van der Waals surface area contributed by atoms with Crippen molar-refractivity contribution in [2.45, 2.75) is 0 Å². The van der Waals surface area contributed by atoms with Crippen LogP contribution in [-0.4, -0.2) is 22.2 Å². The van der Waals surface area contributed by atoms with E-state index >= 15 is 0 Å². The van der Waals surface area contributed by atoms with Gasteiger partial charge in [0.1, 0.15) is 11.5 Å². The molecule has 0 aliphatic carbocycles. The maximum absolute atomic E-state index is 12.2. The zero-order valence-electron chi connectivity index (χ0n) is 14.5. The summed E-state index contributed by atoms with van der Waals surface area (Å²) in [7, 11) is 0. The molecule has 2 heterocycles. The Morgan fingerprint density at radius 1 is 1.04 bits per heavy atom. The second kappa shape index (κ2) is 7.58. The molecule has 0 bridgehead atoms. The van der Waals surface area contributed by atoms with Gasteiger partial charge in [-0.3, -0.25) is 4.79 Å². The van der Waals surface area contributed by atoms with Gasteiger partial charge in [0, 0.05) is 11.6 Å². The van der Waals surface area contributed by atoms with Crippen LogP contribution in [-0.2, 0) is 4.79 Å². The van der Waals surface area contributed by atoms with E-state index < -0.39 is 5.97 Å². The first kappa shape index (κ1) is 17.8. The Morgan fingerprint density at radius 2 is 1.79 bits per heavy atom. The molecule has 1 aliphatic rings. The van der Waals surface area contributed by atoms with Crippen LogP contribution in [0.25, 0.3) is 17.4 Å². The average Bonchev–Trinajstić information content (AvgIpc) is 3.29. The summed E-state index contributed by atoms with van der Waals surface area (Å²) in [6, 6.07) is 19.3. The van der Waals surface area contributed by atoms with E-state index in [0.29, 0.717) is 27.2 Å². The quantitative estimate of drug-likeness (QED) is 0.638. The van der Waals surface area contributed by atoms with Gasteiger partial charge in [-0.15, -0.1) is 0 Å². The van der Waals surface area contributed by atoms with Crippen molar-refractivity contribution in [1.29, 1.82) is 0 Å². The maximum Gasteiger partial charge on any atom is 0.336 e. The highest BCUT2D eigenvalue weighted by Gasteiger charge is 2.24. The molecule has 28 heavy (non-hydrogen) atoms. The predicted molar refractivity (Wildman–Crippen MR) is 108 cm³/mol. The third-order valence-corrected chi connectivity index (χ3v) is 4.87. The zero-order valence-corrected chi connectivity index (χ0v) is 15.3. The molecule has 6 nitrogen and oxygen atoms in total. The number of thioether (sulfide) groups is 1. The summed E-state index contributed by atoms with van der Waals surface area (Å²) in [6.07, 6.45) is 1.61. The molecule has 0 atom stereocenters. The molecule has 3 aromatic rings. The van der Waals surface area contributed by atoms with Gasteiger partial charge in [0.2, 0.25) is 0 Å². The highest BCUT2D eigenvalue weighted by molar-refractivity contribution is 8.18. The van der Waals surface area contributed by atoms with Crippen LogP contribution < -0.4 is 5.32 Å². The van der Waals surface area contributed by atoms with Gasteiger partial charge < -0.3 is 14.8 Å². The van der Waals surface area contributed by atoms with Crippen LogP contribution in [0.4, 0.5) is 5.69 Å². The third-order valence-electron chi connectivity index (χ3n) is 3.96. The van der Waals surface area contributed by atoms with Crippen LogP contribution in [0.1, 0.15) is 16.1 Å². The van der Waals surface area contributed by atoms with Gasteiger partial charge in [-0.2, -0.15) is 0 Å². The summed E-state index contributed by atoms with van der Waals surface area (Å²) in [5, 5.41) is 12.5. The molecule has 7 heteroatoms. The maximum atomic E-state index is 12.2. The lowest BCUT2D eigenvalue weighted by Crippen LogP contribution is -2.19. The van der Waals surface area contributed by atoms with Gasteiger partial charge >= 0.3 is 5.97 Å². The molecular weight excluding hydrogens is 376 g/mol. The number of carbonyl (C=O) groups is 2. The lowest BCUT2D eigenvalue weighted by molar-refractivity contribution is -0.115. The van der Waals surface area contributed by atoms with E-state index in [1.54, 1.807) is 36.4 Å². The van der Waals surface area contributed by atoms with Gasteiger partial charge in [0.05, 0.1) is 16.2 Å². The molecule has 0 spiro atoms. The molecule has 1 amide bonds. The zero-order chi connectivity index (χ0) is 19.5. The molecule has 2 aromatic carbocycles. The number of nitrogens with one attached hydrogen (secondary N) is 1. The van der Waals surface area contributed by atoms with Crippen LogP contribution in [0, 0.1) is 0 Å². The van der Waals surface area contributed by atoms with E-state index in [2.05, 4.69) is 10.3 Å². The van der Waals surface area contributed by atoms with Crippen LogP contribution in [0.2, 0.25) is 0 Å². The Kier molecular flexibility index (Phi) is 4.82. The molecule has 2 N–H and O–H groups in total. The lowest BCUT2D eigenvalue weighted by Gasteiger charge is -2.02. The molecule has 0 saturated carbocycles. The normalized spacial score (nSPS) is 16.5. The van der Waals surface area contributed by atoms with E-state index in [1.165, 1.54) is 17.8 Å². The molecular formula is C21H14N2O4S. The fourth-order valence-corrected chi connectivity index (χ4v) is 3.51. The first-order valence-corrected chi connectivity index (χ1v) is 9.19. The number of para-hydroxylation sites is 1. The number of furan rings is 1. The topological polar surface area (TPSA) is 91.9 Å². The Labute approximate surface area is 164 Å². The molecule has 4 rings (SSSR count). The number of nitrogens with zero attached hydrogens (tertiary/aromatic N) is 1. The second-order valence-electron chi connectivity index (χ2n) is 5.87. The van der Waals surface area contributed by atoms with Gasteiger partial charge in [-0.05, 0) is 42.1 Å². The summed E-state index contributed by atoms with van der Waals surface area (Å²) < 4.78 is 5.75. The second-order valence-corrected chi connectivity index (χ2v) is 6.90. The van der Waals surface area contributed by atoms with E-state index in [-0.39, 0.29) is 11.5 Å². The summed E-state index contributed by atoms with van der Waals surface area (Å²) in [4.78, 5) is 28.4. The summed E-state index contributed by atoms with van der Waals surface area (Å²) in [5.74, 6) is -0.414. The molecule has 0 unspecified atom stereocenters. The minimum atomic E-state index is -1.03. The molecule has 0 radical (unpaired) electrons. The smallest absolute Gasteiger partial charge is 0.336 e. The van der Waals surface area contributed by atoms with Crippen LogP contribution in [0.15, 0.2) is 81.0 Å². The predicted octanol–water partition coefficient (Wildman–Crippen LogP) is 4.54. The number of carboxylic acid groups (broad SMARTS) is 1. The summed E-state index contributed by atoms with van der Waals surface area (Å²) in [6.45, 7) is 0. The van der Waals surface area contributed by atoms with Gasteiger partial charge in [0.15, 0.2) is 5.17 Å². The number of aliphatic imine (C=N–C) groups is 1. The van der Waals surface area contributed by atoms with Crippen molar-refractivity contribution in [3.05, 3.63) is 83.0 Å². The van der Waals surface area contributed by atoms with Crippen LogP contribution in [0.3, 0.4) is 0 Å². The van der Waals surface area contributed by atoms with Crippen molar-refractivity contribution in [2.75, 3.05) is 0 Å². The number of hydrogen-bond acceptors (Lipinski definition) is 5. The van der Waals surface area contributed by atoms with Crippen molar-refractivity contribution >= 4 is 40.6 Å². The number of carbonyl (C=O) groups excluding carboxylic acids is 1. The highest BCUT2D eigenvalue weighted by Crippen LogP contribution is 2.31. The monoisotopic (exact) mass is 390 g/mol. The van der Waals surface area contributed by atoms with Crippen molar-refractivity contribution in [2.24, 2.45) is 4.99 Å². The molecule has 138 valence electrons. The van der Waals surface area contributed by atoms with Crippen molar-refractivity contribution in [3.8, 4) is 11.3 Å². The van der Waals surface area contributed by atoms with Gasteiger partial charge in [-0.1, -0.05) is 36.4 Å². The average molecular weight is 390 g/mol. The number of amides is 1. The fourth-order valence-electron chi connectivity index (χ4n) is 2.69. The standard InChI is InChI=1S/C21H14N2O4S/c24-19-18(28-21(23-19)22-13-6-2-1-3-7-13)12-14-10-11-17(27-14)15-8-4-5-9-16(15)20(25)26/h1-12H,(H,25,26)(H,22,23,24)/b18-12+. The Balaban J connectivity index is 1.59. The number of rotatable bonds is 4. The molecule has 1 aliphatic heterocycles. The molecule has 1 saturated heterocycles. The largest absolute Gasteiger partial charge is 0.478 e. The number of hydrogen-bond donors (Lipinski definition) is 2. The molecule has 1 fully saturated rings. The Hall–Kier alpha value is -3.58. The van der Waals surface area contributed by atoms with Crippen LogP contribution >= 0.6 is 11.8 Å². The number of carboxylic acids is 1. The first-order chi connectivity index (χ1) is 13.6. The minimum absolute atomic E-state index is 0.154. The van der Waals surface area contributed by atoms with E-state index in [1.807, 2.05) is 30.3 Å². The fraction of sp³-hybridized carbons (Fsp3) is 0.